The Bertz CT molecular complexity index is 1250. The average molecular weight is 505 g/mol. The van der Waals surface area contributed by atoms with E-state index in [4.69, 9.17) is 9.73 Å². The molecule has 1 fully saturated rings. The molecule has 3 heterocycles. The molecular weight excluding hydrogens is 464 g/mol. The van der Waals surface area contributed by atoms with Gasteiger partial charge in [0.25, 0.3) is 0 Å². The van der Waals surface area contributed by atoms with Gasteiger partial charge in [0.15, 0.2) is 0 Å². The van der Waals surface area contributed by atoms with Crippen molar-refractivity contribution >= 4 is 5.97 Å². The first kappa shape index (κ1) is 26.8. The number of aryl methyl sites for hydroxylation is 4. The first-order chi connectivity index (χ1) is 17.8. The van der Waals surface area contributed by atoms with Crippen LogP contribution >= 0.6 is 0 Å². The number of ether oxygens (including phenoxy) is 1. The van der Waals surface area contributed by atoms with E-state index in [1.54, 1.807) is 6.20 Å². The number of aliphatic hydroxyl groups excluding tert-OH is 1. The summed E-state index contributed by atoms with van der Waals surface area (Å²) < 4.78 is 8.17. The topological polar surface area (TPSA) is 89.6 Å². The van der Waals surface area contributed by atoms with Gasteiger partial charge in [-0.05, 0) is 74.6 Å². The van der Waals surface area contributed by atoms with Crippen molar-refractivity contribution in [3.05, 3.63) is 76.3 Å². The zero-order valence-electron chi connectivity index (χ0n) is 22.7. The summed E-state index contributed by atoms with van der Waals surface area (Å²) in [5.41, 5.74) is 4.16. The SMILES string of the molecule is CC/C=C(/CC1=C(O)CC(CCc2cc(CC)ccn2)(C2CCCC2)OC1=O)N=c1ncc(C)cn1C. The van der Waals surface area contributed by atoms with Crippen molar-refractivity contribution < 1.29 is 14.6 Å². The Hall–Kier alpha value is -3.22. The van der Waals surface area contributed by atoms with Crippen LogP contribution in [0.25, 0.3) is 0 Å². The lowest BCUT2D eigenvalue weighted by Crippen LogP contribution is -2.46. The molecule has 0 amide bonds. The van der Waals surface area contributed by atoms with Crippen molar-refractivity contribution in [3.63, 3.8) is 0 Å². The molecule has 1 N–H and O–H groups in total. The van der Waals surface area contributed by atoms with Gasteiger partial charge in [-0.25, -0.2) is 14.8 Å². The van der Waals surface area contributed by atoms with Crippen LogP contribution in [-0.4, -0.2) is 31.2 Å². The zero-order chi connectivity index (χ0) is 26.4. The smallest absolute Gasteiger partial charge is 0.338 e. The third kappa shape index (κ3) is 6.38. The molecule has 1 aliphatic heterocycles. The van der Waals surface area contributed by atoms with E-state index in [9.17, 15) is 9.90 Å². The number of nitrogens with zero attached hydrogens (tertiary/aromatic N) is 4. The van der Waals surface area contributed by atoms with Crippen LogP contribution in [0.3, 0.4) is 0 Å². The number of pyridine rings is 1. The molecule has 1 aliphatic carbocycles. The summed E-state index contributed by atoms with van der Waals surface area (Å²) in [5.74, 6) is -0.0399. The number of rotatable bonds is 9. The van der Waals surface area contributed by atoms with Gasteiger partial charge in [-0.2, -0.15) is 0 Å². The highest BCUT2D eigenvalue weighted by molar-refractivity contribution is 5.90. The second-order valence-electron chi connectivity index (χ2n) is 10.5. The molecule has 0 saturated heterocycles. The Morgan fingerprint density at radius 3 is 2.76 bits per heavy atom. The van der Waals surface area contributed by atoms with Gasteiger partial charge >= 0.3 is 5.97 Å². The molecule has 0 spiro atoms. The van der Waals surface area contributed by atoms with Crippen molar-refractivity contribution in [2.75, 3.05) is 0 Å². The third-order valence-corrected chi connectivity index (χ3v) is 7.69. The van der Waals surface area contributed by atoms with Crippen LogP contribution < -0.4 is 5.62 Å². The summed E-state index contributed by atoms with van der Waals surface area (Å²) in [6, 6.07) is 4.17. The number of esters is 1. The summed E-state index contributed by atoms with van der Waals surface area (Å²) in [7, 11) is 1.90. The minimum absolute atomic E-state index is 0.136. The molecule has 7 nitrogen and oxygen atoms in total. The predicted molar refractivity (Wildman–Crippen MR) is 143 cm³/mol. The standard InChI is InChI=1S/C30H40N4O3/c1-5-9-25(33-29-32-19-21(3)20-34(29)4)17-26-27(35)18-30(37-28(26)36,23-10-7-8-11-23)14-12-24-16-22(6-2)13-15-31-24/h9,13,15-16,19-20,23,35H,5-8,10-12,14,17-18H2,1-4H3/b25-9-,33-29?. The summed E-state index contributed by atoms with van der Waals surface area (Å²) in [6.45, 7) is 6.14. The van der Waals surface area contributed by atoms with Crippen LogP contribution in [0.5, 0.6) is 0 Å². The quantitative estimate of drug-likeness (QED) is 0.450. The number of aliphatic hydroxyl groups is 1. The van der Waals surface area contributed by atoms with Gasteiger partial charge in [-0.1, -0.05) is 32.8 Å². The first-order valence-electron chi connectivity index (χ1n) is 13.6. The third-order valence-electron chi connectivity index (χ3n) is 7.69. The second-order valence-corrected chi connectivity index (χ2v) is 10.5. The number of aromatic nitrogens is 3. The van der Waals surface area contributed by atoms with Gasteiger partial charge in [-0.15, -0.1) is 0 Å². The molecule has 1 saturated carbocycles. The summed E-state index contributed by atoms with van der Waals surface area (Å²) in [4.78, 5) is 27.1. The fourth-order valence-corrected chi connectivity index (χ4v) is 5.67. The Kier molecular flexibility index (Phi) is 8.62. The molecule has 37 heavy (non-hydrogen) atoms. The summed E-state index contributed by atoms with van der Waals surface area (Å²) in [5, 5.41) is 11.3. The molecule has 2 aliphatic rings. The predicted octanol–water partition coefficient (Wildman–Crippen LogP) is 5.59. The summed E-state index contributed by atoms with van der Waals surface area (Å²) in [6.07, 6.45) is 15.5. The van der Waals surface area contributed by atoms with E-state index in [1.807, 2.05) is 50.0 Å². The number of cyclic esters (lactones) is 1. The van der Waals surface area contributed by atoms with Crippen LogP contribution in [-0.2, 0) is 29.4 Å². The Morgan fingerprint density at radius 2 is 2.08 bits per heavy atom. The molecule has 2 aromatic rings. The molecule has 7 heteroatoms. The number of allylic oxidation sites excluding steroid dienone is 2. The molecule has 1 unspecified atom stereocenters. The Balaban J connectivity index is 1.60. The number of hydrogen-bond acceptors (Lipinski definition) is 6. The molecule has 0 radical (unpaired) electrons. The van der Waals surface area contributed by atoms with E-state index in [0.29, 0.717) is 36.2 Å². The lowest BCUT2D eigenvalue weighted by molar-refractivity contribution is -0.167. The maximum Gasteiger partial charge on any atom is 0.338 e. The Labute approximate surface area is 220 Å². The highest BCUT2D eigenvalue weighted by Gasteiger charge is 2.48. The van der Waals surface area contributed by atoms with Crippen LogP contribution in [0, 0.1) is 12.8 Å². The van der Waals surface area contributed by atoms with Gasteiger partial charge in [-0.3, -0.25) is 4.98 Å². The van der Waals surface area contributed by atoms with Gasteiger partial charge in [0.05, 0.1) is 5.57 Å². The van der Waals surface area contributed by atoms with Crippen LogP contribution in [0.1, 0.15) is 82.0 Å². The van der Waals surface area contributed by atoms with Crippen molar-refractivity contribution in [1.82, 2.24) is 14.5 Å². The minimum Gasteiger partial charge on any atom is -0.512 e. The van der Waals surface area contributed by atoms with E-state index in [0.717, 1.165) is 49.8 Å². The van der Waals surface area contributed by atoms with Crippen molar-refractivity contribution in [1.29, 1.82) is 0 Å². The van der Waals surface area contributed by atoms with Crippen LogP contribution in [0.4, 0.5) is 0 Å². The number of hydrogen-bond donors (Lipinski definition) is 1. The maximum atomic E-state index is 13.4. The monoisotopic (exact) mass is 504 g/mol. The Morgan fingerprint density at radius 1 is 1.30 bits per heavy atom. The van der Waals surface area contributed by atoms with Gasteiger partial charge < -0.3 is 14.4 Å². The van der Waals surface area contributed by atoms with Gasteiger partial charge in [0.2, 0.25) is 5.62 Å². The van der Waals surface area contributed by atoms with Gasteiger partial charge in [0, 0.05) is 49.9 Å². The van der Waals surface area contributed by atoms with E-state index >= 15 is 0 Å². The maximum absolute atomic E-state index is 13.4. The molecular formula is C30H40N4O3. The lowest BCUT2D eigenvalue weighted by Gasteiger charge is -2.41. The number of carbonyl (C=O) groups excluding carboxylic acids is 1. The fraction of sp³-hybridized carbons (Fsp3) is 0.533. The molecule has 2 aromatic heterocycles. The second kappa shape index (κ2) is 11.9. The van der Waals surface area contributed by atoms with E-state index in [1.165, 1.54) is 5.56 Å². The largest absolute Gasteiger partial charge is 0.512 e. The molecule has 0 bridgehead atoms. The number of carbonyl (C=O) groups is 1. The zero-order valence-corrected chi connectivity index (χ0v) is 22.7. The van der Waals surface area contributed by atoms with Crippen molar-refractivity contribution in [2.45, 2.75) is 90.6 Å². The van der Waals surface area contributed by atoms with Crippen LogP contribution in [0.2, 0.25) is 0 Å². The fourth-order valence-electron chi connectivity index (χ4n) is 5.67. The van der Waals surface area contributed by atoms with Crippen LogP contribution in [0.15, 0.2) is 58.8 Å². The van der Waals surface area contributed by atoms with Crippen molar-refractivity contribution in [3.8, 4) is 0 Å². The summed E-state index contributed by atoms with van der Waals surface area (Å²) >= 11 is 0. The highest BCUT2D eigenvalue weighted by atomic mass is 16.6. The molecule has 4 rings (SSSR count). The average Bonchev–Trinajstić information content (AvgIpc) is 3.43. The van der Waals surface area contributed by atoms with E-state index < -0.39 is 11.6 Å². The lowest BCUT2D eigenvalue weighted by atomic mass is 9.76. The van der Waals surface area contributed by atoms with Gasteiger partial charge in [0.1, 0.15) is 11.4 Å². The van der Waals surface area contributed by atoms with E-state index in [-0.39, 0.29) is 18.1 Å². The van der Waals surface area contributed by atoms with E-state index in [2.05, 4.69) is 23.0 Å². The molecule has 198 valence electrons. The first-order valence-corrected chi connectivity index (χ1v) is 13.6. The molecule has 1 atom stereocenters. The highest BCUT2D eigenvalue weighted by Crippen LogP contribution is 2.46. The minimum atomic E-state index is -0.693. The molecule has 0 aromatic carbocycles. The normalized spacial score (nSPS) is 21.6. The van der Waals surface area contributed by atoms with Crippen molar-refractivity contribution in [2.24, 2.45) is 18.0 Å².